The standard InChI is InChI=1S/C27H26FN3O2S/c28-22-8-11-24-25(16-22)34-27(30-24)31-14-12-21(13-15-31)26(32)29-17-19-6-9-23(10-7-19)33-18-20-4-2-1-3-5-20/h1-11,16,21H,12-15,17-18H2,(H,29,32). The molecule has 0 spiro atoms. The van der Waals surface area contributed by atoms with Gasteiger partial charge in [0.25, 0.3) is 0 Å². The molecule has 0 atom stereocenters. The Balaban J connectivity index is 1.08. The number of aromatic nitrogens is 1. The third-order valence-electron chi connectivity index (χ3n) is 6.11. The smallest absolute Gasteiger partial charge is 0.223 e. The summed E-state index contributed by atoms with van der Waals surface area (Å²) in [5.41, 5.74) is 2.99. The number of carbonyl (C=O) groups excluding carboxylic acids is 1. The van der Waals surface area contributed by atoms with Gasteiger partial charge in [-0.3, -0.25) is 4.79 Å². The number of benzene rings is 3. The molecule has 1 saturated heterocycles. The van der Waals surface area contributed by atoms with Crippen LogP contribution in [-0.2, 0) is 17.9 Å². The van der Waals surface area contributed by atoms with Crippen molar-refractivity contribution in [3.05, 3.63) is 89.7 Å². The Labute approximate surface area is 202 Å². The zero-order valence-electron chi connectivity index (χ0n) is 18.7. The molecule has 1 aliphatic heterocycles. The van der Waals surface area contributed by atoms with Gasteiger partial charge in [0, 0.05) is 25.6 Å². The van der Waals surface area contributed by atoms with E-state index in [0.29, 0.717) is 13.2 Å². The minimum atomic E-state index is -0.243. The fourth-order valence-electron chi connectivity index (χ4n) is 4.13. The van der Waals surface area contributed by atoms with Crippen molar-refractivity contribution in [2.75, 3.05) is 18.0 Å². The Morgan fingerprint density at radius 3 is 2.56 bits per heavy atom. The predicted molar refractivity (Wildman–Crippen MR) is 134 cm³/mol. The highest BCUT2D eigenvalue weighted by Crippen LogP contribution is 2.32. The SMILES string of the molecule is O=C(NCc1ccc(OCc2ccccc2)cc1)C1CCN(c2nc3ccc(F)cc3s2)CC1. The summed E-state index contributed by atoms with van der Waals surface area (Å²) in [7, 11) is 0. The molecule has 174 valence electrons. The van der Waals surface area contributed by atoms with E-state index in [9.17, 15) is 9.18 Å². The molecule has 3 aromatic carbocycles. The van der Waals surface area contributed by atoms with E-state index in [0.717, 1.165) is 58.2 Å². The maximum absolute atomic E-state index is 13.5. The third-order valence-corrected chi connectivity index (χ3v) is 7.19. The first-order valence-electron chi connectivity index (χ1n) is 11.5. The number of rotatable bonds is 7. The lowest BCUT2D eigenvalue weighted by atomic mass is 9.96. The number of piperidine rings is 1. The number of nitrogens with one attached hydrogen (secondary N) is 1. The zero-order chi connectivity index (χ0) is 23.3. The van der Waals surface area contributed by atoms with Crippen molar-refractivity contribution in [1.29, 1.82) is 0 Å². The van der Waals surface area contributed by atoms with Crippen molar-refractivity contribution in [3.63, 3.8) is 0 Å². The van der Waals surface area contributed by atoms with Crippen LogP contribution in [0.3, 0.4) is 0 Å². The van der Waals surface area contributed by atoms with Crippen molar-refractivity contribution in [2.45, 2.75) is 26.0 Å². The predicted octanol–water partition coefficient (Wildman–Crippen LogP) is 5.55. The fraction of sp³-hybridized carbons (Fsp3) is 0.259. The van der Waals surface area contributed by atoms with Gasteiger partial charge in [0.1, 0.15) is 18.2 Å². The van der Waals surface area contributed by atoms with Crippen LogP contribution in [0.5, 0.6) is 5.75 Å². The topological polar surface area (TPSA) is 54.5 Å². The van der Waals surface area contributed by atoms with Gasteiger partial charge in [-0.1, -0.05) is 53.8 Å². The number of hydrogen-bond acceptors (Lipinski definition) is 5. The van der Waals surface area contributed by atoms with E-state index < -0.39 is 0 Å². The first-order valence-corrected chi connectivity index (χ1v) is 12.3. The van der Waals surface area contributed by atoms with Crippen LogP contribution in [0, 0.1) is 11.7 Å². The van der Waals surface area contributed by atoms with Crippen LogP contribution < -0.4 is 15.0 Å². The highest BCUT2D eigenvalue weighted by atomic mass is 32.1. The molecule has 5 rings (SSSR count). The van der Waals surface area contributed by atoms with Crippen LogP contribution in [0.1, 0.15) is 24.0 Å². The molecule has 7 heteroatoms. The van der Waals surface area contributed by atoms with Gasteiger partial charge in [-0.25, -0.2) is 9.37 Å². The van der Waals surface area contributed by atoms with Crippen LogP contribution in [0.4, 0.5) is 9.52 Å². The highest BCUT2D eigenvalue weighted by Gasteiger charge is 2.26. The van der Waals surface area contributed by atoms with E-state index in [2.05, 4.69) is 15.2 Å². The molecule has 0 unspecified atom stereocenters. The van der Waals surface area contributed by atoms with E-state index in [-0.39, 0.29) is 17.6 Å². The summed E-state index contributed by atoms with van der Waals surface area (Å²) in [4.78, 5) is 19.5. The number of ether oxygens (including phenoxy) is 1. The van der Waals surface area contributed by atoms with Crippen LogP contribution in [0.2, 0.25) is 0 Å². The lowest BCUT2D eigenvalue weighted by Gasteiger charge is -2.31. The molecule has 2 heterocycles. The van der Waals surface area contributed by atoms with E-state index in [1.165, 1.54) is 23.5 Å². The normalized spacial score (nSPS) is 14.3. The molecule has 1 aliphatic rings. The monoisotopic (exact) mass is 475 g/mol. The average Bonchev–Trinajstić information content (AvgIpc) is 3.30. The second-order valence-corrected chi connectivity index (χ2v) is 9.51. The van der Waals surface area contributed by atoms with Gasteiger partial charge in [-0.2, -0.15) is 0 Å². The van der Waals surface area contributed by atoms with Gasteiger partial charge in [-0.15, -0.1) is 0 Å². The largest absolute Gasteiger partial charge is 0.489 e. The van der Waals surface area contributed by atoms with Gasteiger partial charge in [0.15, 0.2) is 5.13 Å². The molecule has 0 saturated carbocycles. The van der Waals surface area contributed by atoms with E-state index in [4.69, 9.17) is 4.74 Å². The molecule has 5 nitrogen and oxygen atoms in total. The second-order valence-electron chi connectivity index (χ2n) is 8.51. The minimum Gasteiger partial charge on any atom is -0.489 e. The Morgan fingerprint density at radius 2 is 1.79 bits per heavy atom. The number of amides is 1. The number of halogens is 1. The molecule has 1 amide bonds. The van der Waals surface area contributed by atoms with Gasteiger partial charge < -0.3 is 15.0 Å². The van der Waals surface area contributed by atoms with Crippen LogP contribution >= 0.6 is 11.3 Å². The number of hydrogen-bond donors (Lipinski definition) is 1. The number of anilines is 1. The lowest BCUT2D eigenvalue weighted by molar-refractivity contribution is -0.125. The Kier molecular flexibility index (Phi) is 6.72. The maximum atomic E-state index is 13.5. The van der Waals surface area contributed by atoms with Crippen LogP contribution in [-0.4, -0.2) is 24.0 Å². The summed E-state index contributed by atoms with van der Waals surface area (Å²) in [5.74, 6) is 0.656. The zero-order valence-corrected chi connectivity index (χ0v) is 19.6. The number of thiazole rings is 1. The summed E-state index contributed by atoms with van der Waals surface area (Å²) >= 11 is 1.50. The van der Waals surface area contributed by atoms with E-state index >= 15 is 0 Å². The second kappa shape index (κ2) is 10.2. The van der Waals surface area contributed by atoms with Gasteiger partial charge >= 0.3 is 0 Å². The molecule has 0 aliphatic carbocycles. The van der Waals surface area contributed by atoms with Crippen molar-refractivity contribution in [2.24, 2.45) is 5.92 Å². The summed E-state index contributed by atoms with van der Waals surface area (Å²) in [5, 5.41) is 3.97. The molecule has 1 aromatic heterocycles. The first-order chi connectivity index (χ1) is 16.6. The quantitative estimate of drug-likeness (QED) is 0.381. The van der Waals surface area contributed by atoms with E-state index in [1.807, 2.05) is 54.6 Å². The minimum absolute atomic E-state index is 0.00319. The molecular formula is C27H26FN3O2S. The lowest BCUT2D eigenvalue weighted by Crippen LogP contribution is -2.40. The molecule has 0 bridgehead atoms. The average molecular weight is 476 g/mol. The molecule has 1 N–H and O–H groups in total. The van der Waals surface area contributed by atoms with Gasteiger partial charge in [0.2, 0.25) is 5.91 Å². The van der Waals surface area contributed by atoms with Gasteiger partial charge in [0.05, 0.1) is 10.2 Å². The Bertz CT molecular complexity index is 1250. The molecule has 34 heavy (non-hydrogen) atoms. The third kappa shape index (κ3) is 5.37. The summed E-state index contributed by atoms with van der Waals surface area (Å²) in [6, 6.07) is 22.6. The molecule has 0 radical (unpaired) electrons. The number of carbonyl (C=O) groups is 1. The number of nitrogens with zero attached hydrogens (tertiary/aromatic N) is 2. The van der Waals surface area contributed by atoms with Crippen molar-refractivity contribution < 1.29 is 13.9 Å². The van der Waals surface area contributed by atoms with Crippen molar-refractivity contribution in [1.82, 2.24) is 10.3 Å². The summed E-state index contributed by atoms with van der Waals surface area (Å²) < 4.78 is 20.1. The van der Waals surface area contributed by atoms with E-state index in [1.54, 1.807) is 6.07 Å². The Hall–Kier alpha value is -3.45. The van der Waals surface area contributed by atoms with Crippen LogP contribution in [0.25, 0.3) is 10.2 Å². The van der Waals surface area contributed by atoms with Crippen molar-refractivity contribution >= 4 is 32.6 Å². The summed E-state index contributed by atoms with van der Waals surface area (Å²) in [6.45, 7) is 2.58. The Morgan fingerprint density at radius 1 is 1.03 bits per heavy atom. The van der Waals surface area contributed by atoms with Gasteiger partial charge in [-0.05, 0) is 54.3 Å². The molecule has 1 fully saturated rings. The first kappa shape index (κ1) is 22.3. The highest BCUT2D eigenvalue weighted by molar-refractivity contribution is 7.22. The molecule has 4 aromatic rings. The summed E-state index contributed by atoms with van der Waals surface area (Å²) in [6.07, 6.45) is 1.56. The fourth-order valence-corrected chi connectivity index (χ4v) is 5.17. The van der Waals surface area contributed by atoms with Crippen molar-refractivity contribution in [3.8, 4) is 5.75 Å². The van der Waals surface area contributed by atoms with Crippen LogP contribution in [0.15, 0.2) is 72.8 Å². The molecular weight excluding hydrogens is 449 g/mol. The number of fused-ring (bicyclic) bond motifs is 1. The maximum Gasteiger partial charge on any atom is 0.223 e.